The first-order chi connectivity index (χ1) is 14.2. The molecule has 4 N–H and O–H groups in total. The quantitative estimate of drug-likeness (QED) is 0.350. The van der Waals surface area contributed by atoms with Crippen LogP contribution < -0.4 is 10.1 Å². The molecule has 1 aliphatic rings. The highest BCUT2D eigenvalue weighted by Crippen LogP contribution is 2.30. The molecule has 0 saturated carbocycles. The number of methoxy groups -OCH3 is 1. The van der Waals surface area contributed by atoms with Gasteiger partial charge in [0.2, 0.25) is 0 Å². The van der Waals surface area contributed by atoms with Crippen LogP contribution in [0.25, 0.3) is 6.08 Å². The van der Waals surface area contributed by atoms with Gasteiger partial charge in [-0.1, -0.05) is 0 Å². The Morgan fingerprint density at radius 1 is 1.23 bits per heavy atom. The van der Waals surface area contributed by atoms with Crippen LogP contribution in [0.3, 0.4) is 0 Å². The smallest absolute Gasteiger partial charge is 0.331 e. The van der Waals surface area contributed by atoms with E-state index >= 15 is 0 Å². The average Bonchev–Trinajstić information content (AvgIpc) is 2.68. The predicted molar refractivity (Wildman–Crippen MR) is 104 cm³/mol. The molecule has 0 aromatic heterocycles. The molecule has 0 amide bonds. The molecule has 166 valence electrons. The monoisotopic (exact) mass is 425 g/mol. The maximum absolute atomic E-state index is 12.3. The van der Waals surface area contributed by atoms with E-state index in [-0.39, 0.29) is 11.5 Å². The van der Waals surface area contributed by atoms with Crippen molar-refractivity contribution >= 4 is 18.0 Å². The van der Waals surface area contributed by atoms with Crippen molar-refractivity contribution in [2.75, 3.05) is 14.2 Å². The lowest BCUT2D eigenvalue weighted by Crippen LogP contribution is -2.59. The lowest BCUT2D eigenvalue weighted by molar-refractivity contribution is -0.284. The summed E-state index contributed by atoms with van der Waals surface area (Å²) in [7, 11) is 3.13. The van der Waals surface area contributed by atoms with Gasteiger partial charge in [-0.3, -0.25) is 4.79 Å². The number of hydrogen-bond donors (Lipinski definition) is 4. The van der Waals surface area contributed by atoms with Crippen molar-refractivity contribution in [1.29, 1.82) is 0 Å². The molecular formula is C20H27NO9. The summed E-state index contributed by atoms with van der Waals surface area (Å²) in [6.45, 7) is 3.05. The number of aromatic hydroxyl groups is 1. The molecule has 0 spiro atoms. The Kier molecular flexibility index (Phi) is 8.18. The van der Waals surface area contributed by atoms with Crippen molar-refractivity contribution in [3.8, 4) is 11.5 Å². The largest absolute Gasteiger partial charge is 0.504 e. The minimum atomic E-state index is -1.58. The van der Waals surface area contributed by atoms with Crippen molar-refractivity contribution in [2.45, 2.75) is 51.1 Å². The van der Waals surface area contributed by atoms with Gasteiger partial charge in [-0.05, 0) is 43.3 Å². The number of ether oxygens (including phenoxy) is 4. The molecule has 10 nitrogen and oxygen atoms in total. The van der Waals surface area contributed by atoms with Crippen molar-refractivity contribution in [3.63, 3.8) is 0 Å². The van der Waals surface area contributed by atoms with Crippen LogP contribution >= 0.6 is 0 Å². The zero-order valence-corrected chi connectivity index (χ0v) is 17.2. The number of rotatable bonds is 7. The minimum absolute atomic E-state index is 0.0442. The van der Waals surface area contributed by atoms with Gasteiger partial charge >= 0.3 is 11.9 Å². The zero-order chi connectivity index (χ0) is 22.4. The standard InChI is InChI=1S/C20H27NO9/c1-10-17(25)18(29-11(2)22)19(20(26)28-10)30-16(24)6-5-12-8-15(27-4)14(23)7-13(12)9-21-3/h5-8,10,17-21,23,25-26H,9H2,1-4H3/t10-,17+,18-,19-,20-/m1/s1. The van der Waals surface area contributed by atoms with Gasteiger partial charge in [-0.15, -0.1) is 0 Å². The molecule has 5 atom stereocenters. The first-order valence-electron chi connectivity index (χ1n) is 9.29. The Balaban J connectivity index is 2.20. The Morgan fingerprint density at radius 2 is 1.93 bits per heavy atom. The maximum Gasteiger partial charge on any atom is 0.331 e. The molecular weight excluding hydrogens is 398 g/mol. The minimum Gasteiger partial charge on any atom is -0.504 e. The number of carbonyl (C=O) groups excluding carboxylic acids is 2. The van der Waals surface area contributed by atoms with E-state index in [2.05, 4.69) is 5.32 Å². The summed E-state index contributed by atoms with van der Waals surface area (Å²) in [5.41, 5.74) is 1.28. The third-order valence-electron chi connectivity index (χ3n) is 4.54. The first-order valence-corrected chi connectivity index (χ1v) is 9.29. The summed E-state index contributed by atoms with van der Waals surface area (Å²) in [6, 6.07) is 3.06. The van der Waals surface area contributed by atoms with Gasteiger partial charge in [-0.25, -0.2) is 4.79 Å². The van der Waals surface area contributed by atoms with Gasteiger partial charge in [0.1, 0.15) is 6.10 Å². The van der Waals surface area contributed by atoms with Crippen LogP contribution in [0.4, 0.5) is 0 Å². The van der Waals surface area contributed by atoms with Crippen LogP contribution in [0, 0.1) is 0 Å². The lowest BCUT2D eigenvalue weighted by Gasteiger charge is -2.40. The molecule has 0 aliphatic carbocycles. The van der Waals surface area contributed by atoms with Crippen molar-refractivity contribution in [3.05, 3.63) is 29.3 Å². The van der Waals surface area contributed by atoms with Gasteiger partial charge in [0.25, 0.3) is 0 Å². The number of carbonyl (C=O) groups is 2. The van der Waals surface area contributed by atoms with Crippen LogP contribution in [-0.2, 0) is 30.3 Å². The number of aliphatic hydroxyl groups excluding tert-OH is 2. The summed E-state index contributed by atoms with van der Waals surface area (Å²) in [5, 5.41) is 33.2. The topological polar surface area (TPSA) is 144 Å². The summed E-state index contributed by atoms with van der Waals surface area (Å²) in [5.74, 6) is -1.38. The Labute approximate surface area is 174 Å². The number of nitrogens with one attached hydrogen (secondary N) is 1. The van der Waals surface area contributed by atoms with Gasteiger partial charge in [0.15, 0.2) is 30.0 Å². The lowest BCUT2D eigenvalue weighted by atomic mass is 9.99. The highest BCUT2D eigenvalue weighted by molar-refractivity contribution is 5.87. The summed E-state index contributed by atoms with van der Waals surface area (Å²) in [6.07, 6.45) is -3.85. The highest BCUT2D eigenvalue weighted by Gasteiger charge is 2.47. The number of phenolic OH excluding ortho intramolecular Hbond substituents is 1. The predicted octanol–water partition coefficient (Wildman–Crippen LogP) is 0.0749. The number of hydrogen-bond acceptors (Lipinski definition) is 10. The number of benzene rings is 1. The molecule has 0 radical (unpaired) electrons. The van der Waals surface area contributed by atoms with E-state index in [4.69, 9.17) is 18.9 Å². The SMILES string of the molecule is CNCc1cc(O)c(OC)cc1C=CC(=O)O[C@@H]1[C@H](OC(C)=O)[C@@H](O)[C@@H](C)O[C@H]1O. The zero-order valence-electron chi connectivity index (χ0n) is 17.2. The van der Waals surface area contributed by atoms with Crippen molar-refractivity contribution in [2.24, 2.45) is 0 Å². The fourth-order valence-corrected chi connectivity index (χ4v) is 3.08. The molecule has 1 aromatic rings. The van der Waals surface area contributed by atoms with E-state index in [1.165, 1.54) is 26.2 Å². The molecule has 1 fully saturated rings. The second-order valence-electron chi connectivity index (χ2n) is 6.78. The second kappa shape index (κ2) is 10.4. The van der Waals surface area contributed by atoms with E-state index in [0.717, 1.165) is 13.0 Å². The first kappa shape index (κ1) is 23.6. The highest BCUT2D eigenvalue weighted by atomic mass is 16.7. The van der Waals surface area contributed by atoms with Crippen LogP contribution in [-0.4, -0.2) is 72.1 Å². The van der Waals surface area contributed by atoms with Gasteiger partial charge in [0.05, 0.1) is 13.2 Å². The van der Waals surface area contributed by atoms with E-state index in [0.29, 0.717) is 17.7 Å². The Hall–Kier alpha value is -2.66. The molecule has 2 rings (SSSR count). The van der Waals surface area contributed by atoms with E-state index < -0.39 is 42.6 Å². The summed E-state index contributed by atoms with van der Waals surface area (Å²) >= 11 is 0. The van der Waals surface area contributed by atoms with E-state index in [1.54, 1.807) is 13.1 Å². The second-order valence-corrected chi connectivity index (χ2v) is 6.78. The number of phenols is 1. The molecule has 30 heavy (non-hydrogen) atoms. The molecule has 1 aliphatic heterocycles. The third kappa shape index (κ3) is 5.70. The van der Waals surface area contributed by atoms with Crippen molar-refractivity contribution < 1.29 is 43.9 Å². The molecule has 1 heterocycles. The maximum atomic E-state index is 12.3. The molecule has 0 unspecified atom stereocenters. The van der Waals surface area contributed by atoms with Gasteiger partial charge < -0.3 is 39.6 Å². The van der Waals surface area contributed by atoms with Crippen LogP contribution in [0.15, 0.2) is 18.2 Å². The fraction of sp³-hybridized carbons (Fsp3) is 0.500. The summed E-state index contributed by atoms with van der Waals surface area (Å²) in [4.78, 5) is 23.7. The molecule has 0 bridgehead atoms. The molecule has 10 heteroatoms. The van der Waals surface area contributed by atoms with Gasteiger partial charge in [-0.2, -0.15) is 0 Å². The third-order valence-corrected chi connectivity index (χ3v) is 4.54. The normalized spacial score (nSPS) is 26.4. The van der Waals surface area contributed by atoms with Crippen molar-refractivity contribution in [1.82, 2.24) is 5.32 Å². The van der Waals surface area contributed by atoms with E-state index in [1.807, 2.05) is 0 Å². The van der Waals surface area contributed by atoms with Crippen LogP contribution in [0.5, 0.6) is 11.5 Å². The number of esters is 2. The van der Waals surface area contributed by atoms with Gasteiger partial charge in [0, 0.05) is 19.5 Å². The Morgan fingerprint density at radius 3 is 2.53 bits per heavy atom. The summed E-state index contributed by atoms with van der Waals surface area (Å²) < 4.78 is 20.5. The number of aliphatic hydroxyl groups is 2. The Bertz CT molecular complexity index is 795. The fourth-order valence-electron chi connectivity index (χ4n) is 3.08. The van der Waals surface area contributed by atoms with Crippen LogP contribution in [0.1, 0.15) is 25.0 Å². The average molecular weight is 425 g/mol. The van der Waals surface area contributed by atoms with Crippen LogP contribution in [0.2, 0.25) is 0 Å². The molecule has 1 aromatic carbocycles. The van der Waals surface area contributed by atoms with E-state index in [9.17, 15) is 24.9 Å². The molecule has 1 saturated heterocycles.